The number of benzene rings is 2. The predicted octanol–water partition coefficient (Wildman–Crippen LogP) is 3.17. The van der Waals surface area contributed by atoms with Crippen molar-refractivity contribution in [1.82, 2.24) is 4.98 Å². The number of aromatic nitrogens is 1. The van der Waals surface area contributed by atoms with Gasteiger partial charge >= 0.3 is 0 Å². The van der Waals surface area contributed by atoms with E-state index in [9.17, 15) is 9.59 Å². The summed E-state index contributed by atoms with van der Waals surface area (Å²) in [5.41, 5.74) is 0.827. The lowest BCUT2D eigenvalue weighted by atomic mass is 10.0. The Hall–Kier alpha value is -3.08. The molecule has 3 rings (SSSR count). The van der Waals surface area contributed by atoms with Gasteiger partial charge in [-0.2, -0.15) is 0 Å². The molecule has 0 fully saturated rings. The minimum atomic E-state index is -0.348. The van der Waals surface area contributed by atoms with E-state index in [1.807, 2.05) is 6.92 Å². The highest BCUT2D eigenvalue weighted by Crippen LogP contribution is 2.19. The molecule has 1 heterocycles. The van der Waals surface area contributed by atoms with Gasteiger partial charge in [0.25, 0.3) is 0 Å². The minimum Gasteiger partial charge on any atom is -0.497 e. The molecule has 5 nitrogen and oxygen atoms in total. The molecule has 0 aliphatic heterocycles. The zero-order valence-corrected chi connectivity index (χ0v) is 13.5. The maximum absolute atomic E-state index is 12.7. The van der Waals surface area contributed by atoms with Crippen molar-refractivity contribution < 1.29 is 14.3 Å². The number of methoxy groups -OCH3 is 1. The number of aromatic amines is 1. The highest BCUT2D eigenvalue weighted by Gasteiger charge is 2.16. The largest absolute Gasteiger partial charge is 0.497 e. The van der Waals surface area contributed by atoms with Gasteiger partial charge < -0.3 is 14.5 Å². The first-order valence-electron chi connectivity index (χ1n) is 7.61. The van der Waals surface area contributed by atoms with E-state index in [4.69, 9.17) is 9.47 Å². The van der Waals surface area contributed by atoms with E-state index in [0.29, 0.717) is 34.6 Å². The molecule has 1 N–H and O–H groups in total. The van der Waals surface area contributed by atoms with Crippen molar-refractivity contribution in [3.05, 3.63) is 70.0 Å². The van der Waals surface area contributed by atoms with Crippen LogP contribution in [0.2, 0.25) is 0 Å². The normalized spacial score (nSPS) is 10.6. The molecule has 0 unspecified atom stereocenters. The molecular weight excluding hydrogens is 306 g/mol. The molecule has 24 heavy (non-hydrogen) atoms. The number of H-pyrrole nitrogens is 1. The third kappa shape index (κ3) is 2.88. The van der Waals surface area contributed by atoms with Crippen LogP contribution in [0.1, 0.15) is 22.8 Å². The summed E-state index contributed by atoms with van der Waals surface area (Å²) in [7, 11) is 1.53. The predicted molar refractivity (Wildman–Crippen MR) is 92.2 cm³/mol. The summed E-state index contributed by atoms with van der Waals surface area (Å²) in [5, 5.41) is 0.426. The first-order valence-corrected chi connectivity index (χ1v) is 7.61. The summed E-state index contributed by atoms with van der Waals surface area (Å²) in [4.78, 5) is 28.4. The van der Waals surface area contributed by atoms with Gasteiger partial charge in [-0.05, 0) is 37.3 Å². The van der Waals surface area contributed by atoms with Crippen LogP contribution >= 0.6 is 0 Å². The quantitative estimate of drug-likeness (QED) is 0.732. The van der Waals surface area contributed by atoms with Gasteiger partial charge in [0.05, 0.1) is 19.3 Å². The molecule has 0 saturated carbocycles. The molecular formula is C19H17NO4. The summed E-state index contributed by atoms with van der Waals surface area (Å²) >= 11 is 0. The second-order valence-electron chi connectivity index (χ2n) is 5.23. The van der Waals surface area contributed by atoms with E-state index in [-0.39, 0.29) is 16.8 Å². The summed E-state index contributed by atoms with van der Waals surface area (Å²) < 4.78 is 10.6. The Labute approximate surface area is 138 Å². The molecule has 3 aromatic rings. The van der Waals surface area contributed by atoms with E-state index in [1.54, 1.807) is 42.5 Å². The lowest BCUT2D eigenvalue weighted by Gasteiger charge is -2.07. The highest BCUT2D eigenvalue weighted by molar-refractivity contribution is 6.10. The van der Waals surface area contributed by atoms with Crippen molar-refractivity contribution in [3.8, 4) is 11.5 Å². The molecule has 0 atom stereocenters. The first-order chi connectivity index (χ1) is 11.6. The molecule has 0 bridgehead atoms. The Morgan fingerprint density at radius 3 is 2.71 bits per heavy atom. The Kier molecular flexibility index (Phi) is 4.33. The van der Waals surface area contributed by atoms with Crippen LogP contribution in [-0.2, 0) is 0 Å². The second-order valence-corrected chi connectivity index (χ2v) is 5.23. The van der Waals surface area contributed by atoms with Crippen LogP contribution in [0.5, 0.6) is 11.5 Å². The van der Waals surface area contributed by atoms with E-state index < -0.39 is 0 Å². The van der Waals surface area contributed by atoms with Gasteiger partial charge in [0, 0.05) is 22.7 Å². The Bertz CT molecular complexity index is 959. The SMILES string of the molecule is CCOc1ccc2[nH]cc(C(=O)c3cccc(OC)c3)c(=O)c2c1. The number of nitrogens with one attached hydrogen (secondary N) is 1. The molecule has 122 valence electrons. The fourth-order valence-corrected chi connectivity index (χ4v) is 2.54. The zero-order chi connectivity index (χ0) is 17.1. The number of hydrogen-bond acceptors (Lipinski definition) is 4. The smallest absolute Gasteiger partial charge is 0.200 e. The number of carbonyl (C=O) groups excluding carboxylic acids is 1. The molecule has 0 saturated heterocycles. The second kappa shape index (κ2) is 6.58. The van der Waals surface area contributed by atoms with Gasteiger partial charge in [0.2, 0.25) is 5.43 Å². The van der Waals surface area contributed by atoms with Gasteiger partial charge in [0.15, 0.2) is 5.78 Å². The molecule has 5 heteroatoms. The third-order valence-corrected chi connectivity index (χ3v) is 3.74. The topological polar surface area (TPSA) is 68.4 Å². The number of hydrogen-bond donors (Lipinski definition) is 1. The van der Waals surface area contributed by atoms with Crippen molar-refractivity contribution in [2.45, 2.75) is 6.92 Å². The van der Waals surface area contributed by atoms with Gasteiger partial charge in [0.1, 0.15) is 11.5 Å². The third-order valence-electron chi connectivity index (χ3n) is 3.74. The Morgan fingerprint density at radius 1 is 1.12 bits per heavy atom. The number of rotatable bonds is 5. The molecule has 0 amide bonds. The van der Waals surface area contributed by atoms with Crippen LogP contribution < -0.4 is 14.9 Å². The Balaban J connectivity index is 2.10. The standard InChI is InChI=1S/C19H17NO4/c1-3-24-14-7-8-17-15(10-14)19(22)16(11-20-17)18(21)12-5-4-6-13(9-12)23-2/h4-11H,3H2,1-2H3,(H,20,22). The van der Waals surface area contributed by atoms with Crippen LogP contribution in [0.3, 0.4) is 0 Å². The monoisotopic (exact) mass is 323 g/mol. The van der Waals surface area contributed by atoms with Crippen molar-refractivity contribution in [2.24, 2.45) is 0 Å². The molecule has 0 radical (unpaired) electrons. The highest BCUT2D eigenvalue weighted by atomic mass is 16.5. The van der Waals surface area contributed by atoms with Gasteiger partial charge in [-0.1, -0.05) is 12.1 Å². The number of carbonyl (C=O) groups is 1. The lowest BCUT2D eigenvalue weighted by Crippen LogP contribution is -2.16. The minimum absolute atomic E-state index is 0.0874. The average molecular weight is 323 g/mol. The molecule has 1 aromatic heterocycles. The lowest BCUT2D eigenvalue weighted by molar-refractivity contribution is 0.103. The first kappa shape index (κ1) is 15.8. The average Bonchev–Trinajstić information content (AvgIpc) is 2.62. The number of pyridine rings is 1. The van der Waals surface area contributed by atoms with Crippen LogP contribution in [0, 0.1) is 0 Å². The molecule has 0 spiro atoms. The summed E-state index contributed by atoms with van der Waals surface area (Å²) in [6.45, 7) is 2.38. The van der Waals surface area contributed by atoms with Crippen LogP contribution in [-0.4, -0.2) is 24.5 Å². The summed E-state index contributed by atoms with van der Waals surface area (Å²) in [5.74, 6) is 0.817. The van der Waals surface area contributed by atoms with Crippen LogP contribution in [0.4, 0.5) is 0 Å². The van der Waals surface area contributed by atoms with E-state index >= 15 is 0 Å². The van der Waals surface area contributed by atoms with Gasteiger partial charge in [-0.3, -0.25) is 9.59 Å². The molecule has 0 aliphatic rings. The molecule has 0 aliphatic carbocycles. The van der Waals surface area contributed by atoms with E-state index in [0.717, 1.165) is 0 Å². The van der Waals surface area contributed by atoms with Gasteiger partial charge in [-0.15, -0.1) is 0 Å². The summed E-state index contributed by atoms with van der Waals surface area (Å²) in [6.07, 6.45) is 1.45. The van der Waals surface area contributed by atoms with Crippen molar-refractivity contribution >= 4 is 16.7 Å². The maximum atomic E-state index is 12.7. The van der Waals surface area contributed by atoms with E-state index in [1.165, 1.54) is 13.3 Å². The van der Waals surface area contributed by atoms with Crippen molar-refractivity contribution in [3.63, 3.8) is 0 Å². The maximum Gasteiger partial charge on any atom is 0.200 e. The Morgan fingerprint density at radius 2 is 1.96 bits per heavy atom. The van der Waals surface area contributed by atoms with Crippen molar-refractivity contribution in [2.75, 3.05) is 13.7 Å². The van der Waals surface area contributed by atoms with Crippen LogP contribution in [0.25, 0.3) is 10.9 Å². The van der Waals surface area contributed by atoms with Crippen molar-refractivity contribution in [1.29, 1.82) is 0 Å². The fraction of sp³-hybridized carbons (Fsp3) is 0.158. The summed E-state index contributed by atoms with van der Waals surface area (Å²) in [6, 6.07) is 11.9. The number of fused-ring (bicyclic) bond motifs is 1. The molecule has 2 aromatic carbocycles. The number of ether oxygens (including phenoxy) is 2. The van der Waals surface area contributed by atoms with E-state index in [2.05, 4.69) is 4.98 Å². The number of ketones is 1. The van der Waals surface area contributed by atoms with Gasteiger partial charge in [-0.25, -0.2) is 0 Å². The fourth-order valence-electron chi connectivity index (χ4n) is 2.54. The van der Waals surface area contributed by atoms with Crippen LogP contribution in [0.15, 0.2) is 53.5 Å². The zero-order valence-electron chi connectivity index (χ0n) is 13.5.